The van der Waals surface area contributed by atoms with Gasteiger partial charge in [0.1, 0.15) is 4.60 Å². The molecule has 2 aliphatic rings. The number of aromatic nitrogens is 1. The van der Waals surface area contributed by atoms with Crippen LogP contribution in [0.15, 0.2) is 29.0 Å². The highest BCUT2D eigenvalue weighted by Crippen LogP contribution is 2.35. The molecule has 0 saturated carbocycles. The highest BCUT2D eigenvalue weighted by molar-refractivity contribution is 9.10. The largest absolute Gasteiger partial charge is 0.312 e. The number of fused-ring (bicyclic) bond motifs is 1. The molecule has 1 aliphatic heterocycles. The van der Waals surface area contributed by atoms with E-state index in [1.165, 1.54) is 11.1 Å². The fraction of sp³-hybridized carbons (Fsp3) is 0.364. The molecule has 0 radical (unpaired) electrons. The van der Waals surface area contributed by atoms with E-state index in [9.17, 15) is 0 Å². The second kappa shape index (κ2) is 3.17. The summed E-state index contributed by atoms with van der Waals surface area (Å²) >= 11 is 3.35. The Labute approximate surface area is 91.6 Å². The number of pyridine rings is 1. The van der Waals surface area contributed by atoms with E-state index in [4.69, 9.17) is 0 Å². The zero-order valence-corrected chi connectivity index (χ0v) is 9.29. The van der Waals surface area contributed by atoms with Crippen molar-refractivity contribution in [2.45, 2.75) is 12.5 Å². The molecule has 0 amide bonds. The molecule has 2 atom stereocenters. The fourth-order valence-electron chi connectivity index (χ4n) is 2.16. The van der Waals surface area contributed by atoms with Gasteiger partial charge in [-0.3, -0.25) is 0 Å². The Morgan fingerprint density at radius 2 is 2.36 bits per heavy atom. The molecule has 3 rings (SSSR count). The van der Waals surface area contributed by atoms with Crippen molar-refractivity contribution in [3.63, 3.8) is 0 Å². The van der Waals surface area contributed by atoms with Crippen LogP contribution in [0.1, 0.15) is 12.0 Å². The highest BCUT2D eigenvalue weighted by Gasteiger charge is 2.34. The molecule has 72 valence electrons. The molecule has 0 aromatic carbocycles. The van der Waals surface area contributed by atoms with E-state index in [-0.39, 0.29) is 0 Å². The van der Waals surface area contributed by atoms with Gasteiger partial charge in [0.25, 0.3) is 0 Å². The summed E-state index contributed by atoms with van der Waals surface area (Å²) in [5.41, 5.74) is 2.72. The van der Waals surface area contributed by atoms with E-state index in [1.807, 2.05) is 12.3 Å². The molecule has 2 unspecified atom stereocenters. The Kier molecular flexibility index (Phi) is 1.96. The number of halogens is 1. The van der Waals surface area contributed by atoms with E-state index in [1.54, 1.807) is 0 Å². The van der Waals surface area contributed by atoms with E-state index < -0.39 is 0 Å². The Balaban J connectivity index is 1.89. The van der Waals surface area contributed by atoms with E-state index in [0.717, 1.165) is 23.5 Å². The molecule has 0 bridgehead atoms. The van der Waals surface area contributed by atoms with Gasteiger partial charge in [-0.1, -0.05) is 12.1 Å². The Morgan fingerprint density at radius 3 is 2.86 bits per heavy atom. The average molecular weight is 251 g/mol. The molecule has 1 fully saturated rings. The second-order valence-corrected chi connectivity index (χ2v) is 4.76. The van der Waals surface area contributed by atoms with Crippen molar-refractivity contribution in [2.75, 3.05) is 6.54 Å². The summed E-state index contributed by atoms with van der Waals surface area (Å²) < 4.78 is 0.904. The summed E-state index contributed by atoms with van der Waals surface area (Å²) in [5, 5.41) is 3.44. The molecule has 1 aliphatic carbocycles. The van der Waals surface area contributed by atoms with Crippen LogP contribution in [0.25, 0.3) is 5.57 Å². The summed E-state index contributed by atoms with van der Waals surface area (Å²) in [6, 6.07) is 4.84. The van der Waals surface area contributed by atoms with Crippen LogP contribution >= 0.6 is 15.9 Å². The first kappa shape index (κ1) is 8.62. The van der Waals surface area contributed by atoms with E-state index >= 15 is 0 Å². The number of nitrogens with one attached hydrogen (secondary N) is 1. The summed E-state index contributed by atoms with van der Waals surface area (Å²) in [4.78, 5) is 4.25. The van der Waals surface area contributed by atoms with Gasteiger partial charge in [-0.15, -0.1) is 0 Å². The third-order valence-electron chi connectivity index (χ3n) is 3.09. The Morgan fingerprint density at radius 1 is 1.43 bits per heavy atom. The van der Waals surface area contributed by atoms with Gasteiger partial charge in [0.2, 0.25) is 0 Å². The standard InChI is InChI=1S/C11H11BrN2/c12-11-2-1-7(5-14-11)8-3-9-6-13-10(9)4-8/h1-3,5,9-10,13H,4,6H2. The maximum atomic E-state index is 4.25. The summed E-state index contributed by atoms with van der Waals surface area (Å²) in [6.45, 7) is 1.15. The average Bonchev–Trinajstić information content (AvgIpc) is 2.45. The molecule has 2 nitrogen and oxygen atoms in total. The molecule has 3 heteroatoms. The van der Waals surface area contributed by atoms with Crippen LogP contribution in [0.5, 0.6) is 0 Å². The molecule has 2 heterocycles. The van der Waals surface area contributed by atoms with Crippen LogP contribution in [0.2, 0.25) is 0 Å². The second-order valence-electron chi connectivity index (χ2n) is 3.94. The van der Waals surface area contributed by atoms with Crippen molar-refractivity contribution in [3.8, 4) is 0 Å². The smallest absolute Gasteiger partial charge is 0.106 e. The normalized spacial score (nSPS) is 29.4. The third-order valence-corrected chi connectivity index (χ3v) is 3.55. The van der Waals surface area contributed by atoms with Gasteiger partial charge in [0.15, 0.2) is 0 Å². The molecule has 1 saturated heterocycles. The minimum atomic E-state index is 0.702. The maximum Gasteiger partial charge on any atom is 0.106 e. The SMILES string of the molecule is Brc1ccc(C2=CC3CNC3C2)cn1. The Hall–Kier alpha value is -0.670. The third kappa shape index (κ3) is 1.31. The molecular formula is C11H11BrN2. The van der Waals surface area contributed by atoms with Gasteiger partial charge in [-0.2, -0.15) is 0 Å². The highest BCUT2D eigenvalue weighted by atomic mass is 79.9. The lowest BCUT2D eigenvalue weighted by Gasteiger charge is -2.31. The molecule has 1 aromatic rings. The van der Waals surface area contributed by atoms with Crippen LogP contribution in [-0.4, -0.2) is 17.6 Å². The monoisotopic (exact) mass is 250 g/mol. The van der Waals surface area contributed by atoms with Crippen LogP contribution in [0.3, 0.4) is 0 Å². The molecular weight excluding hydrogens is 240 g/mol. The number of nitrogens with zero attached hydrogens (tertiary/aromatic N) is 1. The van der Waals surface area contributed by atoms with Gasteiger partial charge in [-0.05, 0) is 39.6 Å². The van der Waals surface area contributed by atoms with Crippen LogP contribution in [-0.2, 0) is 0 Å². The van der Waals surface area contributed by atoms with Crippen LogP contribution in [0, 0.1) is 5.92 Å². The van der Waals surface area contributed by atoms with Crippen molar-refractivity contribution in [1.29, 1.82) is 0 Å². The first-order valence-electron chi connectivity index (χ1n) is 4.89. The topological polar surface area (TPSA) is 24.9 Å². The lowest BCUT2D eigenvalue weighted by molar-refractivity contribution is 0.306. The molecule has 1 N–H and O–H groups in total. The van der Waals surface area contributed by atoms with Gasteiger partial charge in [-0.25, -0.2) is 4.98 Å². The number of rotatable bonds is 1. The lowest BCUT2D eigenvalue weighted by atomic mass is 9.95. The van der Waals surface area contributed by atoms with Crippen LogP contribution < -0.4 is 5.32 Å². The van der Waals surface area contributed by atoms with Gasteiger partial charge >= 0.3 is 0 Å². The van der Waals surface area contributed by atoms with Crippen molar-refractivity contribution >= 4 is 21.5 Å². The zero-order valence-electron chi connectivity index (χ0n) is 7.70. The van der Waals surface area contributed by atoms with E-state index in [0.29, 0.717) is 6.04 Å². The van der Waals surface area contributed by atoms with Crippen molar-refractivity contribution in [1.82, 2.24) is 10.3 Å². The first-order chi connectivity index (χ1) is 6.83. The minimum Gasteiger partial charge on any atom is -0.312 e. The predicted octanol–water partition coefficient (Wildman–Crippen LogP) is 2.22. The maximum absolute atomic E-state index is 4.25. The predicted molar refractivity (Wildman–Crippen MR) is 59.8 cm³/mol. The number of hydrogen-bond acceptors (Lipinski definition) is 2. The lowest BCUT2D eigenvalue weighted by Crippen LogP contribution is -2.49. The van der Waals surface area contributed by atoms with Crippen molar-refractivity contribution < 1.29 is 0 Å². The number of hydrogen-bond donors (Lipinski definition) is 1. The van der Waals surface area contributed by atoms with Gasteiger partial charge in [0.05, 0.1) is 0 Å². The van der Waals surface area contributed by atoms with Crippen molar-refractivity contribution in [2.24, 2.45) is 5.92 Å². The zero-order chi connectivity index (χ0) is 9.54. The summed E-state index contributed by atoms with van der Waals surface area (Å²) in [5.74, 6) is 0.772. The molecule has 14 heavy (non-hydrogen) atoms. The Bertz CT molecular complexity index is 383. The fourth-order valence-corrected chi connectivity index (χ4v) is 2.40. The quantitative estimate of drug-likeness (QED) is 0.774. The van der Waals surface area contributed by atoms with Crippen LogP contribution in [0.4, 0.5) is 0 Å². The molecule has 0 spiro atoms. The van der Waals surface area contributed by atoms with E-state index in [2.05, 4.69) is 38.4 Å². The van der Waals surface area contributed by atoms with Crippen molar-refractivity contribution in [3.05, 3.63) is 34.6 Å². The van der Waals surface area contributed by atoms with Gasteiger partial charge in [0, 0.05) is 24.7 Å². The minimum absolute atomic E-state index is 0.702. The molecule has 1 aromatic heterocycles. The summed E-state index contributed by atoms with van der Waals surface area (Å²) in [6.07, 6.45) is 5.50. The summed E-state index contributed by atoms with van der Waals surface area (Å²) in [7, 11) is 0. The van der Waals surface area contributed by atoms with Gasteiger partial charge < -0.3 is 5.32 Å². The first-order valence-corrected chi connectivity index (χ1v) is 5.68.